The standard InChI is InChI=1S/C35H68O16/c1-3-5-6-7-34(36)51-33-32-49-31-30-48-29-28-47-27-26-46-25-24-45-23-22-44-21-20-43-19-18-42-17-16-41-15-14-40-13-12-39-11-10-38-9-8-35(37)50-4-2/h3-33H2,1-2H3. The van der Waals surface area contributed by atoms with E-state index in [0.717, 1.165) is 19.3 Å². The van der Waals surface area contributed by atoms with E-state index in [1.54, 1.807) is 6.92 Å². The lowest BCUT2D eigenvalue weighted by Gasteiger charge is -2.09. The van der Waals surface area contributed by atoms with Crippen LogP contribution in [0.4, 0.5) is 0 Å². The van der Waals surface area contributed by atoms with E-state index in [1.165, 1.54) is 0 Å². The lowest BCUT2D eigenvalue weighted by Crippen LogP contribution is -2.16. The van der Waals surface area contributed by atoms with Gasteiger partial charge in [-0.1, -0.05) is 19.8 Å². The fourth-order valence-electron chi connectivity index (χ4n) is 3.72. The molecule has 0 bridgehead atoms. The molecular formula is C35H68O16. The molecule has 0 aromatic carbocycles. The van der Waals surface area contributed by atoms with Crippen LogP contribution in [0.5, 0.6) is 0 Å². The molecule has 16 nitrogen and oxygen atoms in total. The van der Waals surface area contributed by atoms with Gasteiger partial charge in [0.15, 0.2) is 0 Å². The van der Waals surface area contributed by atoms with Crippen LogP contribution in [-0.2, 0) is 75.9 Å². The number of hydrogen-bond acceptors (Lipinski definition) is 16. The maximum Gasteiger partial charge on any atom is 0.308 e. The summed E-state index contributed by atoms with van der Waals surface area (Å²) in [5.74, 6) is -0.418. The third-order valence-corrected chi connectivity index (χ3v) is 6.32. The van der Waals surface area contributed by atoms with Crippen LogP contribution < -0.4 is 0 Å². The molecule has 0 heterocycles. The van der Waals surface area contributed by atoms with Gasteiger partial charge in [0.1, 0.15) is 6.61 Å². The van der Waals surface area contributed by atoms with Crippen LogP contribution in [0, 0.1) is 0 Å². The molecule has 0 unspecified atom stereocenters. The molecule has 51 heavy (non-hydrogen) atoms. The highest BCUT2D eigenvalue weighted by Gasteiger charge is 2.03. The summed E-state index contributed by atoms with van der Waals surface area (Å²) in [5, 5.41) is 0. The van der Waals surface area contributed by atoms with Crippen molar-refractivity contribution >= 4 is 11.9 Å². The first-order valence-corrected chi connectivity index (χ1v) is 18.4. The minimum Gasteiger partial charge on any atom is -0.466 e. The average Bonchev–Trinajstić information content (AvgIpc) is 3.12. The van der Waals surface area contributed by atoms with E-state index in [-0.39, 0.29) is 25.0 Å². The summed E-state index contributed by atoms with van der Waals surface area (Å²) < 4.78 is 75.2. The molecule has 0 saturated heterocycles. The maximum absolute atomic E-state index is 11.5. The first kappa shape index (κ1) is 49.5. The van der Waals surface area contributed by atoms with Gasteiger partial charge in [0.05, 0.1) is 172 Å². The molecular weight excluding hydrogens is 676 g/mol. The topological polar surface area (TPSA) is 163 Å². The number of rotatable bonds is 44. The highest BCUT2D eigenvalue weighted by Crippen LogP contribution is 2.00. The van der Waals surface area contributed by atoms with Gasteiger partial charge in [0.25, 0.3) is 0 Å². The molecule has 0 aromatic rings. The lowest BCUT2D eigenvalue weighted by molar-refractivity contribution is -0.146. The van der Waals surface area contributed by atoms with Crippen LogP contribution >= 0.6 is 0 Å². The minimum absolute atomic E-state index is 0.163. The van der Waals surface area contributed by atoms with E-state index >= 15 is 0 Å². The maximum atomic E-state index is 11.5. The van der Waals surface area contributed by atoms with Crippen LogP contribution in [0.25, 0.3) is 0 Å². The Kier molecular flexibility index (Phi) is 43.3. The Balaban J connectivity index is 3.09. The molecule has 0 amide bonds. The first-order chi connectivity index (χ1) is 25.2. The van der Waals surface area contributed by atoms with E-state index in [4.69, 9.17) is 66.3 Å². The summed E-state index contributed by atoms with van der Waals surface area (Å²) in [6.07, 6.45) is 3.73. The van der Waals surface area contributed by atoms with Gasteiger partial charge in [-0.15, -0.1) is 0 Å². The molecule has 0 N–H and O–H groups in total. The van der Waals surface area contributed by atoms with Crippen LogP contribution in [-0.4, -0.2) is 184 Å². The van der Waals surface area contributed by atoms with E-state index in [9.17, 15) is 9.59 Å². The van der Waals surface area contributed by atoms with Crippen LogP contribution in [0.3, 0.4) is 0 Å². The van der Waals surface area contributed by atoms with Crippen molar-refractivity contribution in [2.24, 2.45) is 0 Å². The van der Waals surface area contributed by atoms with Crippen molar-refractivity contribution in [2.75, 3.05) is 172 Å². The van der Waals surface area contributed by atoms with Gasteiger partial charge in [0, 0.05) is 6.42 Å². The average molecular weight is 745 g/mol. The Labute approximate surface area is 305 Å². The largest absolute Gasteiger partial charge is 0.466 e. The summed E-state index contributed by atoms with van der Waals surface area (Å²) in [6.45, 7) is 15.7. The fourth-order valence-corrected chi connectivity index (χ4v) is 3.72. The van der Waals surface area contributed by atoms with E-state index in [1.807, 2.05) is 0 Å². The highest BCUT2D eigenvalue weighted by atomic mass is 16.6. The molecule has 0 atom stereocenters. The van der Waals surface area contributed by atoms with Crippen molar-refractivity contribution in [3.63, 3.8) is 0 Å². The van der Waals surface area contributed by atoms with E-state index in [0.29, 0.717) is 172 Å². The van der Waals surface area contributed by atoms with Crippen molar-refractivity contribution < 1.29 is 75.9 Å². The molecule has 0 rings (SSSR count). The molecule has 0 radical (unpaired) electrons. The van der Waals surface area contributed by atoms with Crippen LogP contribution in [0.1, 0.15) is 46.0 Å². The summed E-state index contributed by atoms with van der Waals surface area (Å²) in [7, 11) is 0. The Morgan fingerprint density at radius 3 is 0.824 bits per heavy atom. The molecule has 0 aliphatic heterocycles. The summed E-state index contributed by atoms with van der Waals surface area (Å²) >= 11 is 0. The van der Waals surface area contributed by atoms with Crippen molar-refractivity contribution in [2.45, 2.75) is 46.0 Å². The molecule has 16 heteroatoms. The van der Waals surface area contributed by atoms with E-state index in [2.05, 4.69) is 6.92 Å². The highest BCUT2D eigenvalue weighted by molar-refractivity contribution is 5.69. The Bertz CT molecular complexity index is 703. The predicted molar refractivity (Wildman–Crippen MR) is 186 cm³/mol. The van der Waals surface area contributed by atoms with Crippen molar-refractivity contribution in [1.82, 2.24) is 0 Å². The lowest BCUT2D eigenvalue weighted by atomic mass is 10.2. The van der Waals surface area contributed by atoms with Gasteiger partial charge < -0.3 is 66.3 Å². The van der Waals surface area contributed by atoms with Crippen molar-refractivity contribution in [1.29, 1.82) is 0 Å². The number of esters is 2. The van der Waals surface area contributed by atoms with Crippen LogP contribution in [0.2, 0.25) is 0 Å². The number of carbonyl (C=O) groups is 2. The summed E-state index contributed by atoms with van der Waals surface area (Å²) in [6, 6.07) is 0. The summed E-state index contributed by atoms with van der Waals surface area (Å²) in [5.41, 5.74) is 0. The van der Waals surface area contributed by atoms with Crippen LogP contribution in [0.15, 0.2) is 0 Å². The Morgan fingerprint density at radius 2 is 0.549 bits per heavy atom. The smallest absolute Gasteiger partial charge is 0.308 e. The van der Waals surface area contributed by atoms with Gasteiger partial charge in [-0.3, -0.25) is 9.59 Å². The van der Waals surface area contributed by atoms with E-state index < -0.39 is 0 Å². The third-order valence-electron chi connectivity index (χ3n) is 6.32. The molecule has 0 aliphatic rings. The molecule has 0 aliphatic carbocycles. The molecule has 0 aromatic heterocycles. The normalized spacial score (nSPS) is 11.3. The molecule has 0 saturated carbocycles. The Morgan fingerprint density at radius 1 is 0.294 bits per heavy atom. The van der Waals surface area contributed by atoms with Crippen molar-refractivity contribution in [3.05, 3.63) is 0 Å². The zero-order valence-corrected chi connectivity index (χ0v) is 31.5. The van der Waals surface area contributed by atoms with Gasteiger partial charge in [-0.2, -0.15) is 0 Å². The predicted octanol–water partition coefficient (Wildman–Crippen LogP) is 2.26. The summed E-state index contributed by atoms with van der Waals surface area (Å²) in [4.78, 5) is 22.6. The second-order valence-electron chi connectivity index (χ2n) is 10.6. The zero-order chi connectivity index (χ0) is 37.0. The van der Waals surface area contributed by atoms with Gasteiger partial charge in [-0.05, 0) is 13.3 Å². The SMILES string of the molecule is CCCCCC(=O)OCCOCCOCCOCCOCCOCCOCCOCCOCCOCCOCCOCCOCCC(=O)OCC. The molecule has 304 valence electrons. The Hall–Kier alpha value is -1.54. The van der Waals surface area contributed by atoms with Gasteiger partial charge in [-0.25, -0.2) is 0 Å². The molecule has 0 fully saturated rings. The zero-order valence-electron chi connectivity index (χ0n) is 31.5. The number of ether oxygens (including phenoxy) is 14. The minimum atomic E-state index is -0.254. The quantitative estimate of drug-likeness (QED) is 0.0659. The number of hydrogen-bond donors (Lipinski definition) is 0. The second kappa shape index (κ2) is 44.6. The monoisotopic (exact) mass is 744 g/mol. The molecule has 0 spiro atoms. The number of unbranched alkanes of at least 4 members (excludes halogenated alkanes) is 2. The second-order valence-corrected chi connectivity index (χ2v) is 10.6. The van der Waals surface area contributed by atoms with Gasteiger partial charge in [0.2, 0.25) is 0 Å². The van der Waals surface area contributed by atoms with Crippen molar-refractivity contribution in [3.8, 4) is 0 Å². The fraction of sp³-hybridized carbons (Fsp3) is 0.943. The first-order valence-electron chi connectivity index (χ1n) is 18.4. The number of carbonyl (C=O) groups excluding carboxylic acids is 2. The third kappa shape index (κ3) is 44.5. The van der Waals surface area contributed by atoms with Gasteiger partial charge >= 0.3 is 11.9 Å².